The number of morpholine rings is 1. The Morgan fingerprint density at radius 1 is 1.42 bits per heavy atom. The number of anilines is 1. The van der Waals surface area contributed by atoms with Crippen molar-refractivity contribution in [1.29, 1.82) is 0 Å². The van der Waals surface area contributed by atoms with Gasteiger partial charge in [0.15, 0.2) is 0 Å². The number of ether oxygens (including phenoxy) is 2. The predicted molar refractivity (Wildman–Crippen MR) is 86.3 cm³/mol. The van der Waals surface area contributed by atoms with Gasteiger partial charge in [-0.15, -0.1) is 0 Å². The lowest BCUT2D eigenvalue weighted by molar-refractivity contribution is 0.0118. The average Bonchev–Trinajstić information content (AvgIpc) is 3.26. The van der Waals surface area contributed by atoms with E-state index in [1.54, 1.807) is 11.0 Å². The van der Waals surface area contributed by atoms with Gasteiger partial charge >= 0.3 is 6.03 Å². The smallest absolute Gasteiger partial charge is 0.322 e. The highest BCUT2D eigenvalue weighted by molar-refractivity contribution is 6.31. The van der Waals surface area contributed by atoms with E-state index in [9.17, 15) is 4.79 Å². The van der Waals surface area contributed by atoms with Crippen molar-refractivity contribution in [2.24, 2.45) is 0 Å². The zero-order valence-corrected chi connectivity index (χ0v) is 13.5. The second kappa shape index (κ2) is 6.29. The molecule has 0 spiro atoms. The van der Waals surface area contributed by atoms with Gasteiger partial charge in [-0.3, -0.25) is 5.10 Å². The monoisotopic (exact) mass is 349 g/mol. The number of halogens is 1. The van der Waals surface area contributed by atoms with Gasteiger partial charge in [0.05, 0.1) is 25.5 Å². The number of urea groups is 1. The summed E-state index contributed by atoms with van der Waals surface area (Å²) in [4.78, 5) is 18.6. The lowest BCUT2D eigenvalue weighted by Crippen LogP contribution is -2.45. The number of aromatic nitrogens is 3. The molecule has 1 fully saturated rings. The van der Waals surface area contributed by atoms with Gasteiger partial charge in [-0.25, -0.2) is 9.78 Å². The van der Waals surface area contributed by atoms with Crippen LogP contribution in [0, 0.1) is 0 Å². The highest BCUT2D eigenvalue weighted by Gasteiger charge is 2.31. The molecule has 1 atom stereocenters. The quantitative estimate of drug-likeness (QED) is 0.865. The number of aromatic amines is 1. The van der Waals surface area contributed by atoms with E-state index in [2.05, 4.69) is 20.5 Å². The molecular weight excluding hydrogens is 334 g/mol. The third kappa shape index (κ3) is 2.78. The third-order valence-corrected chi connectivity index (χ3v) is 4.35. The molecule has 1 aromatic heterocycles. The van der Waals surface area contributed by atoms with Gasteiger partial charge in [-0.2, -0.15) is 5.10 Å². The van der Waals surface area contributed by atoms with Gasteiger partial charge in [-0.05, 0) is 12.1 Å². The Bertz CT molecular complexity index is 752. The molecule has 0 radical (unpaired) electrons. The van der Waals surface area contributed by atoms with Crippen molar-refractivity contribution in [3.8, 4) is 5.75 Å². The Labute approximate surface area is 143 Å². The maximum Gasteiger partial charge on any atom is 0.322 e. The van der Waals surface area contributed by atoms with Crippen LogP contribution < -0.4 is 10.1 Å². The summed E-state index contributed by atoms with van der Waals surface area (Å²) >= 11 is 6.14. The molecule has 8 nitrogen and oxygen atoms in total. The van der Waals surface area contributed by atoms with E-state index < -0.39 is 0 Å². The zero-order chi connectivity index (χ0) is 16.5. The molecule has 1 saturated heterocycles. The van der Waals surface area contributed by atoms with Gasteiger partial charge in [0.2, 0.25) is 0 Å². The SMILES string of the molecule is O=C(Nc1cc(Cl)cc2c1OCC2)N1CCOC[C@@H]1c1ncn[nH]1. The standard InChI is InChI=1S/C15H16ClN5O3/c16-10-5-9-1-3-24-13(9)11(6-10)19-15(22)21-2-4-23-7-12(21)14-17-8-18-20-14/h5-6,8,12H,1-4,7H2,(H,19,22)(H,17,18,20)/t12-/m1/s1. The fourth-order valence-corrected chi connectivity index (χ4v) is 3.24. The summed E-state index contributed by atoms with van der Waals surface area (Å²) in [6.45, 7) is 1.90. The van der Waals surface area contributed by atoms with Gasteiger partial charge in [0.25, 0.3) is 0 Å². The number of amides is 2. The zero-order valence-electron chi connectivity index (χ0n) is 12.8. The van der Waals surface area contributed by atoms with Gasteiger partial charge in [-0.1, -0.05) is 11.6 Å². The molecule has 2 aromatic rings. The van der Waals surface area contributed by atoms with Crippen LogP contribution in [0.25, 0.3) is 0 Å². The highest BCUT2D eigenvalue weighted by atomic mass is 35.5. The van der Waals surface area contributed by atoms with Crippen LogP contribution in [-0.4, -0.2) is 52.5 Å². The molecule has 0 saturated carbocycles. The third-order valence-electron chi connectivity index (χ3n) is 4.13. The van der Waals surface area contributed by atoms with Crippen molar-refractivity contribution >= 4 is 23.3 Å². The molecule has 2 aliphatic rings. The first kappa shape index (κ1) is 15.2. The van der Waals surface area contributed by atoms with Crippen molar-refractivity contribution < 1.29 is 14.3 Å². The Kier molecular flexibility index (Phi) is 3.99. The minimum atomic E-state index is -0.311. The van der Waals surface area contributed by atoms with Crippen LogP contribution in [0.2, 0.25) is 5.02 Å². The Hall–Kier alpha value is -2.32. The Morgan fingerprint density at radius 2 is 2.33 bits per heavy atom. The second-order valence-corrected chi connectivity index (χ2v) is 6.06. The van der Waals surface area contributed by atoms with Gasteiger partial charge < -0.3 is 19.7 Å². The summed E-state index contributed by atoms with van der Waals surface area (Å²) in [5.74, 6) is 1.29. The minimum Gasteiger partial charge on any atom is -0.491 e. The fourth-order valence-electron chi connectivity index (χ4n) is 3.00. The van der Waals surface area contributed by atoms with E-state index >= 15 is 0 Å². The lowest BCUT2D eigenvalue weighted by atomic mass is 10.1. The van der Waals surface area contributed by atoms with Crippen LogP contribution in [0.3, 0.4) is 0 Å². The first-order valence-corrected chi connectivity index (χ1v) is 8.06. The molecule has 126 valence electrons. The van der Waals surface area contributed by atoms with E-state index in [1.807, 2.05) is 6.07 Å². The number of hydrogen-bond acceptors (Lipinski definition) is 5. The number of carbonyl (C=O) groups excluding carboxylic acids is 1. The summed E-state index contributed by atoms with van der Waals surface area (Å²) in [5, 5.41) is 10.1. The van der Waals surface area contributed by atoms with E-state index in [0.717, 1.165) is 12.0 Å². The van der Waals surface area contributed by atoms with E-state index in [-0.39, 0.29) is 12.1 Å². The van der Waals surface area contributed by atoms with Crippen LogP contribution in [0.4, 0.5) is 10.5 Å². The number of carbonyl (C=O) groups is 1. The maximum atomic E-state index is 12.8. The molecular formula is C15H16ClN5O3. The molecule has 1 aromatic carbocycles. The largest absolute Gasteiger partial charge is 0.491 e. The van der Waals surface area contributed by atoms with Crippen molar-refractivity contribution in [1.82, 2.24) is 20.1 Å². The van der Waals surface area contributed by atoms with Crippen LogP contribution in [0.1, 0.15) is 17.4 Å². The highest BCUT2D eigenvalue weighted by Crippen LogP contribution is 2.37. The molecule has 0 aliphatic carbocycles. The minimum absolute atomic E-state index is 0.250. The van der Waals surface area contributed by atoms with E-state index in [1.165, 1.54) is 6.33 Å². The molecule has 9 heteroatoms. The first-order chi connectivity index (χ1) is 11.7. The molecule has 2 amide bonds. The number of fused-ring (bicyclic) bond motifs is 1. The number of nitrogens with zero attached hydrogens (tertiary/aromatic N) is 3. The van der Waals surface area contributed by atoms with Crippen molar-refractivity contribution in [2.75, 3.05) is 31.7 Å². The number of benzene rings is 1. The van der Waals surface area contributed by atoms with Crippen LogP contribution >= 0.6 is 11.6 Å². The number of nitrogens with one attached hydrogen (secondary N) is 2. The van der Waals surface area contributed by atoms with Gasteiger partial charge in [0.1, 0.15) is 23.9 Å². The van der Waals surface area contributed by atoms with Crippen molar-refractivity contribution in [3.63, 3.8) is 0 Å². The summed E-state index contributed by atoms with van der Waals surface area (Å²) in [5.41, 5.74) is 1.59. The molecule has 2 aliphatic heterocycles. The molecule has 2 N–H and O–H groups in total. The molecule has 4 rings (SSSR count). The topological polar surface area (TPSA) is 92.4 Å². The summed E-state index contributed by atoms with van der Waals surface area (Å²) in [7, 11) is 0. The molecule has 24 heavy (non-hydrogen) atoms. The molecule has 3 heterocycles. The molecule has 0 bridgehead atoms. The second-order valence-electron chi connectivity index (χ2n) is 5.63. The number of H-pyrrole nitrogens is 1. The maximum absolute atomic E-state index is 12.8. The number of rotatable bonds is 2. The normalized spacial score (nSPS) is 19.7. The average molecular weight is 350 g/mol. The van der Waals surface area contributed by atoms with Crippen LogP contribution in [-0.2, 0) is 11.2 Å². The predicted octanol–water partition coefficient (Wildman–Crippen LogP) is 2.00. The van der Waals surface area contributed by atoms with E-state index in [0.29, 0.717) is 48.6 Å². The Balaban J connectivity index is 1.57. The molecule has 0 unspecified atom stereocenters. The summed E-state index contributed by atoms with van der Waals surface area (Å²) in [6, 6.07) is 3.01. The van der Waals surface area contributed by atoms with Gasteiger partial charge in [0, 0.05) is 23.6 Å². The number of hydrogen-bond donors (Lipinski definition) is 2. The first-order valence-electron chi connectivity index (χ1n) is 7.68. The summed E-state index contributed by atoms with van der Waals surface area (Å²) in [6.07, 6.45) is 2.20. The van der Waals surface area contributed by atoms with Crippen LogP contribution in [0.15, 0.2) is 18.5 Å². The Morgan fingerprint density at radius 3 is 3.17 bits per heavy atom. The van der Waals surface area contributed by atoms with Crippen molar-refractivity contribution in [3.05, 3.63) is 34.9 Å². The lowest BCUT2D eigenvalue weighted by Gasteiger charge is -2.34. The van der Waals surface area contributed by atoms with E-state index in [4.69, 9.17) is 21.1 Å². The fraction of sp³-hybridized carbons (Fsp3) is 0.400. The van der Waals surface area contributed by atoms with Crippen molar-refractivity contribution in [2.45, 2.75) is 12.5 Å². The van der Waals surface area contributed by atoms with Crippen LogP contribution in [0.5, 0.6) is 5.75 Å². The summed E-state index contributed by atoms with van der Waals surface area (Å²) < 4.78 is 11.1.